The lowest BCUT2D eigenvalue weighted by Crippen LogP contribution is -2.63. The molecule has 1 amide bonds. The predicted molar refractivity (Wildman–Crippen MR) is 121 cm³/mol. The fourth-order valence-corrected chi connectivity index (χ4v) is 9.07. The SMILES string of the molecule is CC(C)CCC[C@@H](C)[C@H]1CC[C@H]2[C@@H]3[C@@H](C)CC4NC(=O)CC[C@]4(C)[C@H]3CC[C@]12C. The summed E-state index contributed by atoms with van der Waals surface area (Å²) in [5, 5.41) is 3.41. The largest absolute Gasteiger partial charge is 0.353 e. The average Bonchev–Trinajstić information content (AvgIpc) is 3.00. The van der Waals surface area contributed by atoms with E-state index in [1.165, 1.54) is 51.4 Å². The number of rotatable bonds is 5. The van der Waals surface area contributed by atoms with E-state index in [-0.39, 0.29) is 0 Å². The highest BCUT2D eigenvalue weighted by Gasteiger charge is 2.62. The van der Waals surface area contributed by atoms with Gasteiger partial charge in [0.2, 0.25) is 5.91 Å². The number of carbonyl (C=O) groups is 1. The van der Waals surface area contributed by atoms with Crippen LogP contribution in [0.1, 0.15) is 106 Å². The zero-order valence-corrected chi connectivity index (χ0v) is 20.1. The molecule has 0 aromatic carbocycles. The summed E-state index contributed by atoms with van der Waals surface area (Å²) in [7, 11) is 0. The molecule has 1 aliphatic heterocycles. The van der Waals surface area contributed by atoms with Gasteiger partial charge >= 0.3 is 0 Å². The molecule has 4 aliphatic rings. The van der Waals surface area contributed by atoms with Crippen molar-refractivity contribution in [2.45, 2.75) is 112 Å². The second-order valence-corrected chi connectivity index (χ2v) is 12.7. The van der Waals surface area contributed by atoms with Gasteiger partial charge in [-0.2, -0.15) is 0 Å². The number of carbonyl (C=O) groups excluding carboxylic acids is 1. The van der Waals surface area contributed by atoms with Crippen LogP contribution in [0.25, 0.3) is 0 Å². The third kappa shape index (κ3) is 3.59. The van der Waals surface area contributed by atoms with Crippen LogP contribution in [0.3, 0.4) is 0 Å². The molecule has 166 valence electrons. The minimum absolute atomic E-state index is 0.301. The molecule has 3 aliphatic carbocycles. The zero-order valence-electron chi connectivity index (χ0n) is 20.1. The van der Waals surface area contributed by atoms with Crippen LogP contribution < -0.4 is 5.32 Å². The van der Waals surface area contributed by atoms with E-state index in [0.29, 0.717) is 22.8 Å². The second-order valence-electron chi connectivity index (χ2n) is 12.7. The Hall–Kier alpha value is -0.530. The van der Waals surface area contributed by atoms with Gasteiger partial charge in [-0.1, -0.05) is 60.8 Å². The number of hydrogen-bond acceptors (Lipinski definition) is 1. The molecule has 4 rings (SSSR count). The van der Waals surface area contributed by atoms with Crippen molar-refractivity contribution in [2.75, 3.05) is 0 Å². The Morgan fingerprint density at radius 2 is 1.72 bits per heavy atom. The van der Waals surface area contributed by atoms with Gasteiger partial charge in [0.15, 0.2) is 0 Å². The summed E-state index contributed by atoms with van der Waals surface area (Å²) >= 11 is 0. The Balaban J connectivity index is 1.51. The van der Waals surface area contributed by atoms with Crippen LogP contribution in [0.2, 0.25) is 0 Å². The minimum Gasteiger partial charge on any atom is -0.353 e. The van der Waals surface area contributed by atoms with Crippen molar-refractivity contribution in [3.05, 3.63) is 0 Å². The maximum absolute atomic E-state index is 12.1. The van der Waals surface area contributed by atoms with Crippen molar-refractivity contribution in [3.8, 4) is 0 Å². The smallest absolute Gasteiger partial charge is 0.220 e. The summed E-state index contributed by atoms with van der Waals surface area (Å²) in [6, 6.07) is 0.427. The van der Waals surface area contributed by atoms with Gasteiger partial charge in [-0.3, -0.25) is 4.79 Å². The first kappa shape index (κ1) is 21.7. The number of piperidine rings is 1. The highest BCUT2D eigenvalue weighted by atomic mass is 16.1. The molecular formula is C27H47NO. The molecule has 1 unspecified atom stereocenters. The molecule has 3 saturated carbocycles. The van der Waals surface area contributed by atoms with E-state index in [1.54, 1.807) is 0 Å². The van der Waals surface area contributed by atoms with Gasteiger partial charge in [-0.05, 0) is 90.8 Å². The van der Waals surface area contributed by atoms with Crippen LogP contribution in [0.5, 0.6) is 0 Å². The molecule has 0 radical (unpaired) electrons. The van der Waals surface area contributed by atoms with E-state index in [1.807, 2.05) is 0 Å². The van der Waals surface area contributed by atoms with Crippen molar-refractivity contribution < 1.29 is 4.79 Å². The topological polar surface area (TPSA) is 29.1 Å². The highest BCUT2D eigenvalue weighted by Crippen LogP contribution is 2.67. The van der Waals surface area contributed by atoms with Crippen LogP contribution in [0.15, 0.2) is 0 Å². The Bertz CT molecular complexity index is 614. The zero-order chi connectivity index (χ0) is 21.0. The average molecular weight is 402 g/mol. The van der Waals surface area contributed by atoms with Gasteiger partial charge in [-0.25, -0.2) is 0 Å². The van der Waals surface area contributed by atoms with E-state index in [9.17, 15) is 4.79 Å². The Labute approximate surface area is 180 Å². The lowest BCUT2D eigenvalue weighted by Gasteiger charge is -2.62. The molecular weight excluding hydrogens is 354 g/mol. The molecule has 2 heteroatoms. The Morgan fingerprint density at radius 3 is 2.45 bits per heavy atom. The quantitative estimate of drug-likeness (QED) is 0.537. The molecule has 1 N–H and O–H groups in total. The second kappa shape index (κ2) is 7.86. The van der Waals surface area contributed by atoms with E-state index >= 15 is 0 Å². The number of nitrogens with one attached hydrogen (secondary N) is 1. The predicted octanol–water partition coefficient (Wildman–Crippen LogP) is 6.83. The molecule has 0 aromatic heterocycles. The van der Waals surface area contributed by atoms with Crippen LogP contribution >= 0.6 is 0 Å². The van der Waals surface area contributed by atoms with Crippen molar-refractivity contribution >= 4 is 5.91 Å². The van der Waals surface area contributed by atoms with Gasteiger partial charge in [0.1, 0.15) is 0 Å². The molecule has 0 aromatic rings. The van der Waals surface area contributed by atoms with Crippen LogP contribution in [0, 0.1) is 52.3 Å². The van der Waals surface area contributed by atoms with Gasteiger partial charge < -0.3 is 5.32 Å². The van der Waals surface area contributed by atoms with Crippen LogP contribution in [-0.2, 0) is 4.79 Å². The lowest BCUT2D eigenvalue weighted by atomic mass is 9.44. The summed E-state index contributed by atoms with van der Waals surface area (Å²) in [6.45, 7) is 15.0. The Morgan fingerprint density at radius 1 is 1.00 bits per heavy atom. The van der Waals surface area contributed by atoms with E-state index in [4.69, 9.17) is 0 Å². The van der Waals surface area contributed by atoms with Crippen molar-refractivity contribution in [3.63, 3.8) is 0 Å². The van der Waals surface area contributed by atoms with E-state index < -0.39 is 0 Å². The van der Waals surface area contributed by atoms with Gasteiger partial charge in [0, 0.05) is 12.5 Å². The van der Waals surface area contributed by atoms with Crippen LogP contribution in [0.4, 0.5) is 0 Å². The fourth-order valence-electron chi connectivity index (χ4n) is 9.07. The summed E-state index contributed by atoms with van der Waals surface area (Å²) in [5.74, 6) is 6.36. The summed E-state index contributed by atoms with van der Waals surface area (Å²) in [5.41, 5.74) is 0.904. The van der Waals surface area contributed by atoms with E-state index in [0.717, 1.165) is 54.3 Å². The Kier molecular flexibility index (Phi) is 5.88. The normalized spacial score (nSPS) is 47.9. The van der Waals surface area contributed by atoms with Gasteiger partial charge in [0.05, 0.1) is 0 Å². The molecule has 29 heavy (non-hydrogen) atoms. The molecule has 2 nitrogen and oxygen atoms in total. The summed E-state index contributed by atoms with van der Waals surface area (Å²) < 4.78 is 0. The summed E-state index contributed by atoms with van der Waals surface area (Å²) in [6.07, 6.45) is 13.1. The minimum atomic E-state index is 0.301. The first-order valence-corrected chi connectivity index (χ1v) is 13.0. The molecule has 1 heterocycles. The monoisotopic (exact) mass is 401 g/mol. The number of hydrogen-bond donors (Lipinski definition) is 1. The molecule has 0 spiro atoms. The van der Waals surface area contributed by atoms with Crippen LogP contribution in [-0.4, -0.2) is 11.9 Å². The van der Waals surface area contributed by atoms with Crippen molar-refractivity contribution in [1.29, 1.82) is 0 Å². The first-order valence-electron chi connectivity index (χ1n) is 13.0. The fraction of sp³-hybridized carbons (Fsp3) is 0.963. The number of fused-ring (bicyclic) bond motifs is 5. The third-order valence-corrected chi connectivity index (χ3v) is 10.7. The highest BCUT2D eigenvalue weighted by molar-refractivity contribution is 5.77. The van der Waals surface area contributed by atoms with Gasteiger partial charge in [-0.15, -0.1) is 0 Å². The first-order chi connectivity index (χ1) is 13.7. The molecule has 1 saturated heterocycles. The van der Waals surface area contributed by atoms with Crippen molar-refractivity contribution in [1.82, 2.24) is 5.32 Å². The van der Waals surface area contributed by atoms with E-state index in [2.05, 4.69) is 46.9 Å². The molecule has 9 atom stereocenters. The number of amides is 1. The maximum Gasteiger partial charge on any atom is 0.220 e. The standard InChI is InChI=1S/C27H47NO/c1-17(2)8-7-9-18(3)20-10-11-21-25-19(4)16-23-27(6,15-13-24(29)28-23)22(25)12-14-26(20,21)5/h17-23,25H,7-16H2,1-6H3,(H,28,29)/t18-,19+,20-,21+,22+,23?,25+,26-,27-/m1/s1. The molecule has 4 fully saturated rings. The lowest BCUT2D eigenvalue weighted by molar-refractivity contribution is -0.144. The van der Waals surface area contributed by atoms with Crippen molar-refractivity contribution in [2.24, 2.45) is 52.3 Å². The molecule has 0 bridgehead atoms. The van der Waals surface area contributed by atoms with Gasteiger partial charge in [0.25, 0.3) is 0 Å². The maximum atomic E-state index is 12.1. The third-order valence-electron chi connectivity index (χ3n) is 10.7. The summed E-state index contributed by atoms with van der Waals surface area (Å²) in [4.78, 5) is 12.1.